The second-order valence-corrected chi connectivity index (χ2v) is 5.65. The van der Waals surface area contributed by atoms with E-state index in [9.17, 15) is 0 Å². The van der Waals surface area contributed by atoms with Gasteiger partial charge in [0.25, 0.3) is 0 Å². The summed E-state index contributed by atoms with van der Waals surface area (Å²) in [7, 11) is 0. The molecule has 0 saturated carbocycles. The van der Waals surface area contributed by atoms with E-state index in [2.05, 4.69) is 56.4 Å². The molecule has 2 aromatic rings. The Morgan fingerprint density at radius 1 is 1.12 bits per heavy atom. The molecule has 2 N–H and O–H groups in total. The highest BCUT2D eigenvalue weighted by atomic mass is 127. The highest BCUT2D eigenvalue weighted by Gasteiger charge is 2.02. The summed E-state index contributed by atoms with van der Waals surface area (Å²) >= 11 is 0. The van der Waals surface area contributed by atoms with Gasteiger partial charge in [0, 0.05) is 26.1 Å². The normalized spacial score (nSPS) is 11.0. The number of guanidine groups is 1. The number of hydrogen-bond acceptors (Lipinski definition) is 3. The average Bonchev–Trinajstić information content (AvgIpc) is 3.08. The second-order valence-electron chi connectivity index (χ2n) is 5.65. The van der Waals surface area contributed by atoms with Crippen molar-refractivity contribution in [3.05, 3.63) is 48.0 Å². The average molecular weight is 456 g/mol. The van der Waals surface area contributed by atoms with Crippen LogP contribution in [0.5, 0.6) is 0 Å². The van der Waals surface area contributed by atoms with Crippen LogP contribution in [0.4, 0.5) is 0 Å². The van der Waals surface area contributed by atoms with Gasteiger partial charge in [0.15, 0.2) is 5.96 Å². The minimum absolute atomic E-state index is 0. The largest absolute Gasteiger partial charge is 0.356 e. The SMILES string of the molecule is CCCCNC(=NCc1ccccc1)NCCn1cnnc1CC.I. The predicted octanol–water partition coefficient (Wildman–Crippen LogP) is 2.99. The van der Waals surface area contributed by atoms with Crippen LogP contribution in [0, 0.1) is 0 Å². The van der Waals surface area contributed by atoms with Crippen molar-refractivity contribution in [1.82, 2.24) is 25.4 Å². The Morgan fingerprint density at radius 3 is 2.60 bits per heavy atom. The van der Waals surface area contributed by atoms with Gasteiger partial charge in [-0.2, -0.15) is 0 Å². The molecule has 0 saturated heterocycles. The molecule has 1 heterocycles. The minimum atomic E-state index is 0. The Labute approximate surface area is 167 Å². The molecule has 0 aliphatic heterocycles. The van der Waals surface area contributed by atoms with Crippen molar-refractivity contribution < 1.29 is 0 Å². The van der Waals surface area contributed by atoms with Crippen molar-refractivity contribution >= 4 is 29.9 Å². The van der Waals surface area contributed by atoms with E-state index in [-0.39, 0.29) is 24.0 Å². The summed E-state index contributed by atoms with van der Waals surface area (Å²) in [4.78, 5) is 4.68. The monoisotopic (exact) mass is 456 g/mol. The van der Waals surface area contributed by atoms with Crippen LogP contribution in [-0.4, -0.2) is 33.8 Å². The number of hydrogen-bond donors (Lipinski definition) is 2. The molecule has 0 amide bonds. The predicted molar refractivity (Wildman–Crippen MR) is 113 cm³/mol. The van der Waals surface area contributed by atoms with E-state index in [1.807, 2.05) is 18.2 Å². The molecule has 0 atom stereocenters. The smallest absolute Gasteiger partial charge is 0.191 e. The molecule has 25 heavy (non-hydrogen) atoms. The Kier molecular flexibility index (Phi) is 10.9. The zero-order valence-electron chi connectivity index (χ0n) is 15.1. The molecular formula is C18H29IN6. The third-order valence-corrected chi connectivity index (χ3v) is 3.74. The molecule has 0 aliphatic rings. The fraction of sp³-hybridized carbons (Fsp3) is 0.500. The van der Waals surface area contributed by atoms with Crippen LogP contribution in [0.2, 0.25) is 0 Å². The first-order valence-electron chi connectivity index (χ1n) is 8.76. The molecule has 7 heteroatoms. The molecule has 0 radical (unpaired) electrons. The van der Waals surface area contributed by atoms with Gasteiger partial charge in [-0.15, -0.1) is 34.2 Å². The lowest BCUT2D eigenvalue weighted by molar-refractivity contribution is 0.628. The second kappa shape index (κ2) is 12.7. The molecule has 0 aliphatic carbocycles. The number of nitrogens with zero attached hydrogens (tertiary/aromatic N) is 4. The van der Waals surface area contributed by atoms with Crippen LogP contribution in [0.25, 0.3) is 0 Å². The molecule has 0 bridgehead atoms. The van der Waals surface area contributed by atoms with Gasteiger partial charge in [-0.25, -0.2) is 4.99 Å². The first-order chi connectivity index (χ1) is 11.8. The van der Waals surface area contributed by atoms with Gasteiger partial charge in [0.2, 0.25) is 0 Å². The highest BCUT2D eigenvalue weighted by molar-refractivity contribution is 14.0. The van der Waals surface area contributed by atoms with Crippen molar-refractivity contribution in [3.63, 3.8) is 0 Å². The summed E-state index contributed by atoms with van der Waals surface area (Å²) in [5.74, 6) is 1.87. The maximum atomic E-state index is 4.68. The van der Waals surface area contributed by atoms with Crippen molar-refractivity contribution in [2.45, 2.75) is 46.2 Å². The fourth-order valence-electron chi connectivity index (χ4n) is 2.35. The fourth-order valence-corrected chi connectivity index (χ4v) is 2.35. The first-order valence-corrected chi connectivity index (χ1v) is 8.76. The molecule has 138 valence electrons. The summed E-state index contributed by atoms with van der Waals surface area (Å²) < 4.78 is 2.08. The Balaban J connectivity index is 0.00000312. The highest BCUT2D eigenvalue weighted by Crippen LogP contribution is 2.00. The van der Waals surface area contributed by atoms with Gasteiger partial charge in [-0.3, -0.25) is 0 Å². The number of aromatic nitrogens is 3. The van der Waals surface area contributed by atoms with Crippen LogP contribution in [0.15, 0.2) is 41.7 Å². The molecule has 1 aromatic heterocycles. The van der Waals surface area contributed by atoms with Gasteiger partial charge >= 0.3 is 0 Å². The molecule has 0 unspecified atom stereocenters. The van der Waals surface area contributed by atoms with Crippen molar-refractivity contribution in [3.8, 4) is 0 Å². The number of nitrogens with one attached hydrogen (secondary N) is 2. The lowest BCUT2D eigenvalue weighted by Crippen LogP contribution is -2.39. The maximum absolute atomic E-state index is 4.68. The van der Waals surface area contributed by atoms with Crippen LogP contribution < -0.4 is 10.6 Å². The number of benzene rings is 1. The van der Waals surface area contributed by atoms with E-state index >= 15 is 0 Å². The van der Waals surface area contributed by atoms with Gasteiger partial charge in [-0.05, 0) is 12.0 Å². The summed E-state index contributed by atoms with van der Waals surface area (Å²) in [6.45, 7) is 7.51. The van der Waals surface area contributed by atoms with E-state index in [4.69, 9.17) is 0 Å². The van der Waals surface area contributed by atoms with Crippen LogP contribution in [0.1, 0.15) is 38.1 Å². The Hall–Kier alpha value is -1.64. The quantitative estimate of drug-likeness (QED) is 0.264. The molecule has 2 rings (SSSR count). The van der Waals surface area contributed by atoms with Gasteiger partial charge < -0.3 is 15.2 Å². The number of aliphatic imine (C=N–C) groups is 1. The summed E-state index contributed by atoms with van der Waals surface area (Å²) in [6.07, 6.45) is 4.98. The maximum Gasteiger partial charge on any atom is 0.191 e. The van der Waals surface area contributed by atoms with E-state index in [0.29, 0.717) is 6.54 Å². The van der Waals surface area contributed by atoms with Crippen LogP contribution in [-0.2, 0) is 19.5 Å². The van der Waals surface area contributed by atoms with Crippen LogP contribution >= 0.6 is 24.0 Å². The molecule has 0 spiro atoms. The summed E-state index contributed by atoms with van der Waals surface area (Å²) in [6, 6.07) is 10.3. The summed E-state index contributed by atoms with van der Waals surface area (Å²) in [5, 5.41) is 14.9. The first kappa shape index (κ1) is 21.4. The van der Waals surface area contributed by atoms with Gasteiger partial charge in [0.05, 0.1) is 6.54 Å². The van der Waals surface area contributed by atoms with E-state index in [0.717, 1.165) is 44.3 Å². The molecule has 1 aromatic carbocycles. The number of rotatable bonds is 9. The number of aryl methyl sites for hydroxylation is 1. The standard InChI is InChI=1S/C18H28N6.HI/c1-3-5-11-19-18(21-14-16-9-7-6-8-10-16)20-12-13-24-15-22-23-17(24)4-2;/h6-10,15H,3-5,11-14H2,1-2H3,(H2,19,20,21);1H. The number of halogens is 1. The van der Waals surface area contributed by atoms with Crippen molar-refractivity contribution in [2.24, 2.45) is 4.99 Å². The Morgan fingerprint density at radius 2 is 1.88 bits per heavy atom. The van der Waals surface area contributed by atoms with E-state index in [1.54, 1.807) is 6.33 Å². The van der Waals surface area contributed by atoms with E-state index < -0.39 is 0 Å². The molecule has 0 fully saturated rings. The van der Waals surface area contributed by atoms with E-state index in [1.165, 1.54) is 12.0 Å². The summed E-state index contributed by atoms with van der Waals surface area (Å²) in [5.41, 5.74) is 1.21. The van der Waals surface area contributed by atoms with Crippen molar-refractivity contribution in [2.75, 3.05) is 13.1 Å². The number of unbranched alkanes of at least 4 members (excludes halogenated alkanes) is 1. The lowest BCUT2D eigenvalue weighted by atomic mass is 10.2. The lowest BCUT2D eigenvalue weighted by Gasteiger charge is -2.13. The third kappa shape index (κ3) is 7.85. The minimum Gasteiger partial charge on any atom is -0.356 e. The topological polar surface area (TPSA) is 67.1 Å². The molecular weight excluding hydrogens is 427 g/mol. The van der Waals surface area contributed by atoms with Gasteiger partial charge in [-0.1, -0.05) is 50.6 Å². The van der Waals surface area contributed by atoms with Crippen LogP contribution in [0.3, 0.4) is 0 Å². The van der Waals surface area contributed by atoms with Gasteiger partial charge in [0.1, 0.15) is 12.2 Å². The third-order valence-electron chi connectivity index (χ3n) is 3.74. The zero-order chi connectivity index (χ0) is 17.0. The zero-order valence-corrected chi connectivity index (χ0v) is 17.4. The molecule has 6 nitrogen and oxygen atoms in total. The van der Waals surface area contributed by atoms with Crippen molar-refractivity contribution in [1.29, 1.82) is 0 Å². The Bertz CT molecular complexity index is 611.